The van der Waals surface area contributed by atoms with Crippen LogP contribution < -0.4 is 5.73 Å². The summed E-state index contributed by atoms with van der Waals surface area (Å²) >= 11 is 0. The van der Waals surface area contributed by atoms with E-state index in [1.807, 2.05) is 17.9 Å². The average molecular weight is 302 g/mol. The minimum Gasteiger partial charge on any atom is -0.373 e. The fraction of sp³-hybridized carbons (Fsp3) is 0.611. The van der Waals surface area contributed by atoms with Crippen LogP contribution in [0.2, 0.25) is 0 Å². The maximum absolute atomic E-state index is 12.6. The minimum absolute atomic E-state index is 0.0897. The number of hydrogen-bond donors (Lipinski definition) is 1. The van der Waals surface area contributed by atoms with E-state index in [4.69, 9.17) is 10.5 Å². The Morgan fingerprint density at radius 2 is 2.27 bits per heavy atom. The molecular weight excluding hydrogens is 276 g/mol. The highest BCUT2D eigenvalue weighted by Crippen LogP contribution is 2.30. The van der Waals surface area contributed by atoms with E-state index in [1.54, 1.807) is 0 Å². The van der Waals surface area contributed by atoms with Crippen molar-refractivity contribution in [1.29, 1.82) is 0 Å². The maximum atomic E-state index is 12.6. The number of benzene rings is 1. The van der Waals surface area contributed by atoms with Gasteiger partial charge in [0.25, 0.3) is 0 Å². The summed E-state index contributed by atoms with van der Waals surface area (Å²) in [5, 5.41) is 0. The van der Waals surface area contributed by atoms with Gasteiger partial charge in [-0.25, -0.2) is 0 Å². The van der Waals surface area contributed by atoms with E-state index in [0.29, 0.717) is 18.9 Å². The van der Waals surface area contributed by atoms with E-state index in [2.05, 4.69) is 18.2 Å². The normalized spacial score (nSPS) is 26.4. The number of piperidine rings is 1. The van der Waals surface area contributed by atoms with Crippen molar-refractivity contribution in [2.24, 2.45) is 11.7 Å². The van der Waals surface area contributed by atoms with E-state index in [-0.39, 0.29) is 18.1 Å². The molecule has 4 heteroatoms. The molecular formula is C18H26N2O2. The van der Waals surface area contributed by atoms with Crippen molar-refractivity contribution in [3.8, 4) is 0 Å². The molecule has 3 atom stereocenters. The van der Waals surface area contributed by atoms with Crippen LogP contribution >= 0.6 is 0 Å². The largest absolute Gasteiger partial charge is 0.373 e. The monoisotopic (exact) mass is 302 g/mol. The Bertz CT molecular complexity index is 530. The molecule has 120 valence electrons. The van der Waals surface area contributed by atoms with Gasteiger partial charge in [0, 0.05) is 19.1 Å². The first-order valence-electron chi connectivity index (χ1n) is 8.38. The quantitative estimate of drug-likeness (QED) is 0.932. The lowest BCUT2D eigenvalue weighted by molar-refractivity contribution is -0.136. The number of ether oxygens (including phenoxy) is 1. The molecule has 0 spiro atoms. The standard InChI is InChI=1S/C18H26N2O2/c1-13(19)15-6-4-9-20(12-15)18(21)11-17-16-7-3-2-5-14(16)8-10-22-17/h2-3,5,7,13,15,17H,4,6,8-12,19H2,1H3/t13-,15-,17-/m0/s1. The summed E-state index contributed by atoms with van der Waals surface area (Å²) in [7, 11) is 0. The number of fused-ring (bicyclic) bond motifs is 1. The zero-order chi connectivity index (χ0) is 15.5. The molecule has 2 N–H and O–H groups in total. The molecule has 2 heterocycles. The van der Waals surface area contributed by atoms with Gasteiger partial charge in [-0.15, -0.1) is 0 Å². The number of amides is 1. The lowest BCUT2D eigenvalue weighted by atomic mass is 9.91. The summed E-state index contributed by atoms with van der Waals surface area (Å²) in [6.45, 7) is 4.40. The van der Waals surface area contributed by atoms with Crippen LogP contribution in [0.3, 0.4) is 0 Å². The first-order chi connectivity index (χ1) is 10.6. The van der Waals surface area contributed by atoms with Crippen LogP contribution in [0.4, 0.5) is 0 Å². The molecule has 4 nitrogen and oxygen atoms in total. The van der Waals surface area contributed by atoms with Crippen LogP contribution in [0, 0.1) is 5.92 Å². The highest BCUT2D eigenvalue weighted by molar-refractivity contribution is 5.77. The summed E-state index contributed by atoms with van der Waals surface area (Å²) < 4.78 is 5.87. The van der Waals surface area contributed by atoms with Crippen LogP contribution in [0.5, 0.6) is 0 Å². The van der Waals surface area contributed by atoms with Gasteiger partial charge in [-0.05, 0) is 43.2 Å². The molecule has 1 saturated heterocycles. The van der Waals surface area contributed by atoms with E-state index in [1.165, 1.54) is 11.1 Å². The van der Waals surface area contributed by atoms with Gasteiger partial charge in [-0.3, -0.25) is 4.79 Å². The lowest BCUT2D eigenvalue weighted by Crippen LogP contribution is -2.45. The van der Waals surface area contributed by atoms with Gasteiger partial charge >= 0.3 is 0 Å². The Balaban J connectivity index is 1.65. The number of likely N-dealkylation sites (tertiary alicyclic amines) is 1. The zero-order valence-corrected chi connectivity index (χ0v) is 13.3. The maximum Gasteiger partial charge on any atom is 0.225 e. The number of nitrogens with two attached hydrogens (primary N) is 1. The fourth-order valence-electron chi connectivity index (χ4n) is 3.60. The molecule has 0 aliphatic carbocycles. The smallest absolute Gasteiger partial charge is 0.225 e. The van der Waals surface area contributed by atoms with Crippen molar-refractivity contribution < 1.29 is 9.53 Å². The van der Waals surface area contributed by atoms with Gasteiger partial charge in [0.2, 0.25) is 5.91 Å². The van der Waals surface area contributed by atoms with Crippen molar-refractivity contribution in [1.82, 2.24) is 4.90 Å². The van der Waals surface area contributed by atoms with Gasteiger partial charge in [-0.2, -0.15) is 0 Å². The van der Waals surface area contributed by atoms with Crippen LogP contribution in [-0.2, 0) is 16.0 Å². The summed E-state index contributed by atoms with van der Waals surface area (Å²) in [6.07, 6.45) is 3.48. The summed E-state index contributed by atoms with van der Waals surface area (Å²) in [5.41, 5.74) is 8.52. The lowest BCUT2D eigenvalue weighted by Gasteiger charge is -2.36. The topological polar surface area (TPSA) is 55.6 Å². The van der Waals surface area contributed by atoms with Crippen LogP contribution in [0.15, 0.2) is 24.3 Å². The van der Waals surface area contributed by atoms with Gasteiger partial charge < -0.3 is 15.4 Å². The minimum atomic E-state index is -0.0897. The molecule has 0 radical (unpaired) electrons. The highest BCUT2D eigenvalue weighted by Gasteiger charge is 2.29. The van der Waals surface area contributed by atoms with Gasteiger partial charge in [0.1, 0.15) is 0 Å². The highest BCUT2D eigenvalue weighted by atomic mass is 16.5. The number of rotatable bonds is 3. The molecule has 0 bridgehead atoms. The average Bonchev–Trinajstić information content (AvgIpc) is 2.55. The molecule has 0 aromatic heterocycles. The van der Waals surface area contributed by atoms with Gasteiger partial charge in [0.05, 0.1) is 19.1 Å². The van der Waals surface area contributed by atoms with Crippen molar-refractivity contribution in [2.75, 3.05) is 19.7 Å². The Morgan fingerprint density at radius 3 is 3.09 bits per heavy atom. The van der Waals surface area contributed by atoms with E-state index >= 15 is 0 Å². The molecule has 0 unspecified atom stereocenters. The predicted octanol–water partition coefficient (Wildman–Crippen LogP) is 2.28. The molecule has 1 aromatic carbocycles. The van der Waals surface area contributed by atoms with Crippen LogP contribution in [0.1, 0.15) is 43.4 Å². The van der Waals surface area contributed by atoms with Crippen LogP contribution in [0.25, 0.3) is 0 Å². The Kier molecular flexibility index (Phi) is 4.79. The molecule has 3 rings (SSSR count). The predicted molar refractivity (Wildman–Crippen MR) is 86.4 cm³/mol. The summed E-state index contributed by atoms with van der Waals surface area (Å²) in [5.74, 6) is 0.629. The molecule has 0 saturated carbocycles. The summed E-state index contributed by atoms with van der Waals surface area (Å²) in [6, 6.07) is 8.47. The van der Waals surface area contributed by atoms with Crippen molar-refractivity contribution in [3.63, 3.8) is 0 Å². The third kappa shape index (κ3) is 3.33. The van der Waals surface area contributed by atoms with Crippen molar-refractivity contribution in [3.05, 3.63) is 35.4 Å². The van der Waals surface area contributed by atoms with Crippen LogP contribution in [-0.4, -0.2) is 36.5 Å². The van der Waals surface area contributed by atoms with E-state index in [9.17, 15) is 4.79 Å². The molecule has 22 heavy (non-hydrogen) atoms. The molecule has 1 fully saturated rings. The second-order valence-electron chi connectivity index (χ2n) is 6.61. The molecule has 1 amide bonds. The number of nitrogens with zero attached hydrogens (tertiary/aromatic N) is 1. The first kappa shape index (κ1) is 15.5. The molecule has 1 aromatic rings. The second kappa shape index (κ2) is 6.80. The molecule has 2 aliphatic rings. The number of carbonyl (C=O) groups is 1. The van der Waals surface area contributed by atoms with Crippen molar-refractivity contribution in [2.45, 2.75) is 44.8 Å². The Hall–Kier alpha value is -1.39. The third-order valence-corrected chi connectivity index (χ3v) is 5.01. The van der Waals surface area contributed by atoms with E-state index in [0.717, 1.165) is 32.4 Å². The summed E-state index contributed by atoms with van der Waals surface area (Å²) in [4.78, 5) is 14.6. The van der Waals surface area contributed by atoms with E-state index < -0.39 is 0 Å². The fourth-order valence-corrected chi connectivity index (χ4v) is 3.60. The first-order valence-corrected chi connectivity index (χ1v) is 8.38. The second-order valence-corrected chi connectivity index (χ2v) is 6.61. The number of carbonyl (C=O) groups excluding carboxylic acids is 1. The Labute approximate surface area is 132 Å². The Morgan fingerprint density at radius 1 is 1.45 bits per heavy atom. The van der Waals surface area contributed by atoms with Gasteiger partial charge in [-0.1, -0.05) is 24.3 Å². The zero-order valence-electron chi connectivity index (χ0n) is 13.3. The van der Waals surface area contributed by atoms with Crippen molar-refractivity contribution >= 4 is 5.91 Å². The third-order valence-electron chi connectivity index (χ3n) is 5.01. The van der Waals surface area contributed by atoms with Gasteiger partial charge in [0.15, 0.2) is 0 Å². The molecule has 2 aliphatic heterocycles. The number of hydrogen-bond acceptors (Lipinski definition) is 3. The SMILES string of the molecule is C[C@H](N)[C@H]1CCCN(C(=O)C[C@@H]2OCCc3ccccc32)C1.